The molecule has 1 aliphatic rings. The molecule has 1 heterocycles. The zero-order valence-corrected chi connectivity index (χ0v) is 11.8. The van der Waals surface area contributed by atoms with Crippen LogP contribution < -0.4 is 0 Å². The molecule has 1 amide bonds. The van der Waals surface area contributed by atoms with Gasteiger partial charge >= 0.3 is 6.09 Å². The Hall–Kier alpha value is -1.22. The molecule has 0 radical (unpaired) electrons. The fraction of sp³-hybridized carbons (Fsp3) is 0.500. The maximum absolute atomic E-state index is 12.0. The number of amides is 1. The van der Waals surface area contributed by atoms with Gasteiger partial charge in [-0.3, -0.25) is 0 Å². The van der Waals surface area contributed by atoms with E-state index in [0.717, 1.165) is 22.6 Å². The number of nitrogens with zero attached hydrogens (tertiary/aromatic N) is 1. The summed E-state index contributed by atoms with van der Waals surface area (Å²) in [7, 11) is 0. The monoisotopic (exact) mass is 267 g/mol. The Morgan fingerprint density at radius 3 is 2.78 bits per heavy atom. The van der Waals surface area contributed by atoms with Gasteiger partial charge in [-0.1, -0.05) is 23.7 Å². The van der Waals surface area contributed by atoms with Crippen molar-refractivity contribution in [2.24, 2.45) is 0 Å². The Labute approximate surface area is 113 Å². The lowest BCUT2D eigenvalue weighted by Crippen LogP contribution is -2.39. The van der Waals surface area contributed by atoms with Crippen LogP contribution in [-0.2, 0) is 17.7 Å². The predicted octanol–water partition coefficient (Wildman–Crippen LogP) is 3.63. The maximum atomic E-state index is 12.0. The molecule has 18 heavy (non-hydrogen) atoms. The van der Waals surface area contributed by atoms with Crippen LogP contribution in [-0.4, -0.2) is 23.1 Å². The molecule has 0 saturated carbocycles. The molecule has 0 aliphatic carbocycles. The third kappa shape index (κ3) is 2.96. The number of rotatable bonds is 0. The van der Waals surface area contributed by atoms with Gasteiger partial charge in [-0.2, -0.15) is 0 Å². The highest BCUT2D eigenvalue weighted by Crippen LogP contribution is 2.26. The van der Waals surface area contributed by atoms with E-state index in [2.05, 4.69) is 0 Å². The SMILES string of the molecule is CC(C)(C)OC(=O)N1CCc2c(Cl)cccc2C1. The van der Waals surface area contributed by atoms with E-state index in [9.17, 15) is 4.79 Å². The van der Waals surface area contributed by atoms with Gasteiger partial charge in [0.05, 0.1) is 0 Å². The first-order valence-electron chi connectivity index (χ1n) is 6.11. The van der Waals surface area contributed by atoms with Crippen molar-refractivity contribution < 1.29 is 9.53 Å². The molecule has 1 aromatic rings. The summed E-state index contributed by atoms with van der Waals surface area (Å²) < 4.78 is 5.38. The van der Waals surface area contributed by atoms with Crippen molar-refractivity contribution in [3.63, 3.8) is 0 Å². The van der Waals surface area contributed by atoms with Crippen LogP contribution in [0.3, 0.4) is 0 Å². The second-order valence-electron chi connectivity index (χ2n) is 5.53. The second-order valence-corrected chi connectivity index (χ2v) is 5.94. The third-order valence-corrected chi connectivity index (χ3v) is 3.21. The highest BCUT2D eigenvalue weighted by Gasteiger charge is 2.26. The number of benzene rings is 1. The quantitative estimate of drug-likeness (QED) is 0.718. The van der Waals surface area contributed by atoms with Gasteiger partial charge in [0.25, 0.3) is 0 Å². The smallest absolute Gasteiger partial charge is 0.410 e. The van der Waals surface area contributed by atoms with E-state index in [4.69, 9.17) is 16.3 Å². The van der Waals surface area contributed by atoms with Crippen LogP contribution in [0.1, 0.15) is 31.9 Å². The molecular weight excluding hydrogens is 250 g/mol. The minimum Gasteiger partial charge on any atom is -0.444 e. The standard InChI is InChI=1S/C14H18ClNO2/c1-14(2,3)18-13(17)16-8-7-11-10(9-16)5-4-6-12(11)15/h4-6H,7-9H2,1-3H3. The number of hydrogen-bond acceptors (Lipinski definition) is 2. The molecule has 0 aromatic heterocycles. The van der Waals surface area contributed by atoms with Gasteiger partial charge in [0.1, 0.15) is 5.60 Å². The van der Waals surface area contributed by atoms with Crippen LogP contribution in [0.5, 0.6) is 0 Å². The Bertz CT molecular complexity index is 465. The van der Waals surface area contributed by atoms with Crippen molar-refractivity contribution in [3.8, 4) is 0 Å². The van der Waals surface area contributed by atoms with Crippen molar-refractivity contribution in [2.45, 2.75) is 39.3 Å². The summed E-state index contributed by atoms with van der Waals surface area (Å²) in [5.74, 6) is 0. The fourth-order valence-electron chi connectivity index (χ4n) is 2.05. The molecule has 0 fully saturated rings. The van der Waals surface area contributed by atoms with E-state index in [1.165, 1.54) is 0 Å². The van der Waals surface area contributed by atoms with Crippen LogP contribution >= 0.6 is 11.6 Å². The first-order chi connectivity index (χ1) is 8.37. The van der Waals surface area contributed by atoms with Gasteiger partial charge in [-0.25, -0.2) is 4.79 Å². The fourth-order valence-corrected chi connectivity index (χ4v) is 2.33. The first kappa shape index (κ1) is 13.2. The summed E-state index contributed by atoms with van der Waals surface area (Å²) >= 11 is 6.14. The Kier molecular flexibility index (Phi) is 3.53. The molecule has 1 aliphatic heterocycles. The number of hydrogen-bond donors (Lipinski definition) is 0. The molecule has 3 nitrogen and oxygen atoms in total. The zero-order valence-electron chi connectivity index (χ0n) is 11.0. The largest absolute Gasteiger partial charge is 0.444 e. The van der Waals surface area contributed by atoms with Crippen LogP contribution in [0, 0.1) is 0 Å². The van der Waals surface area contributed by atoms with Crippen LogP contribution in [0.15, 0.2) is 18.2 Å². The lowest BCUT2D eigenvalue weighted by Gasteiger charge is -2.31. The molecule has 0 unspecified atom stereocenters. The number of ether oxygens (including phenoxy) is 1. The summed E-state index contributed by atoms with van der Waals surface area (Å²) in [4.78, 5) is 13.7. The third-order valence-electron chi connectivity index (χ3n) is 2.86. The second kappa shape index (κ2) is 4.81. The van der Waals surface area contributed by atoms with Gasteiger partial charge < -0.3 is 9.64 Å². The average Bonchev–Trinajstić information content (AvgIpc) is 2.26. The zero-order chi connectivity index (χ0) is 13.3. The summed E-state index contributed by atoms with van der Waals surface area (Å²) in [5, 5.41) is 0.788. The Morgan fingerprint density at radius 2 is 2.11 bits per heavy atom. The van der Waals surface area contributed by atoms with E-state index in [1.807, 2.05) is 39.0 Å². The molecule has 1 aromatic carbocycles. The summed E-state index contributed by atoms with van der Waals surface area (Å²) in [6.07, 6.45) is 0.530. The average molecular weight is 268 g/mol. The van der Waals surface area contributed by atoms with Gasteiger partial charge in [0.15, 0.2) is 0 Å². The van der Waals surface area contributed by atoms with Crippen molar-refractivity contribution in [3.05, 3.63) is 34.3 Å². The minimum atomic E-state index is -0.453. The number of fused-ring (bicyclic) bond motifs is 1. The maximum Gasteiger partial charge on any atom is 0.410 e. The molecule has 0 bridgehead atoms. The minimum absolute atomic E-state index is 0.256. The van der Waals surface area contributed by atoms with Crippen molar-refractivity contribution in [1.29, 1.82) is 0 Å². The van der Waals surface area contributed by atoms with Gasteiger partial charge in [-0.05, 0) is 44.4 Å². The van der Waals surface area contributed by atoms with E-state index in [1.54, 1.807) is 4.90 Å². The van der Waals surface area contributed by atoms with Crippen molar-refractivity contribution >= 4 is 17.7 Å². The Balaban J connectivity index is 2.11. The lowest BCUT2D eigenvalue weighted by atomic mass is 10.0. The van der Waals surface area contributed by atoms with E-state index in [-0.39, 0.29) is 6.09 Å². The van der Waals surface area contributed by atoms with Crippen molar-refractivity contribution in [2.75, 3.05) is 6.54 Å². The molecule has 0 saturated heterocycles. The predicted molar refractivity (Wildman–Crippen MR) is 71.8 cm³/mol. The van der Waals surface area contributed by atoms with Gasteiger partial charge in [-0.15, -0.1) is 0 Å². The van der Waals surface area contributed by atoms with E-state index < -0.39 is 5.60 Å². The molecule has 98 valence electrons. The van der Waals surface area contributed by atoms with Crippen molar-refractivity contribution in [1.82, 2.24) is 4.90 Å². The lowest BCUT2D eigenvalue weighted by molar-refractivity contribution is 0.0224. The highest BCUT2D eigenvalue weighted by atomic mass is 35.5. The molecule has 0 N–H and O–H groups in total. The van der Waals surface area contributed by atoms with Crippen LogP contribution in [0.2, 0.25) is 5.02 Å². The number of carbonyl (C=O) groups is 1. The van der Waals surface area contributed by atoms with Gasteiger partial charge in [0, 0.05) is 18.1 Å². The molecule has 0 atom stereocenters. The summed E-state index contributed by atoms with van der Waals surface area (Å²) in [5.41, 5.74) is 1.81. The normalized spacial score (nSPS) is 15.2. The number of carbonyl (C=O) groups excluding carboxylic acids is 1. The Morgan fingerprint density at radius 1 is 1.39 bits per heavy atom. The molecule has 0 spiro atoms. The van der Waals surface area contributed by atoms with E-state index in [0.29, 0.717) is 13.1 Å². The van der Waals surface area contributed by atoms with Crippen LogP contribution in [0.25, 0.3) is 0 Å². The van der Waals surface area contributed by atoms with Gasteiger partial charge in [0.2, 0.25) is 0 Å². The number of halogens is 1. The summed E-state index contributed by atoms with van der Waals surface area (Å²) in [6, 6.07) is 5.82. The molecule has 2 rings (SSSR count). The van der Waals surface area contributed by atoms with E-state index >= 15 is 0 Å². The van der Waals surface area contributed by atoms with Crippen LogP contribution in [0.4, 0.5) is 4.79 Å². The molecule has 4 heteroatoms. The summed E-state index contributed by atoms with van der Waals surface area (Å²) in [6.45, 7) is 6.86. The first-order valence-corrected chi connectivity index (χ1v) is 6.49. The topological polar surface area (TPSA) is 29.5 Å². The molecular formula is C14H18ClNO2. The highest BCUT2D eigenvalue weighted by molar-refractivity contribution is 6.31.